The van der Waals surface area contributed by atoms with Crippen molar-refractivity contribution in [1.29, 1.82) is 0 Å². The van der Waals surface area contributed by atoms with Gasteiger partial charge in [-0.15, -0.1) is 0 Å². The van der Waals surface area contributed by atoms with Crippen LogP contribution in [-0.4, -0.2) is 0 Å². The summed E-state index contributed by atoms with van der Waals surface area (Å²) < 4.78 is 6.40. The van der Waals surface area contributed by atoms with E-state index in [-0.39, 0.29) is 0 Å². The predicted molar refractivity (Wildman–Crippen MR) is 186 cm³/mol. The number of anilines is 3. The van der Waals surface area contributed by atoms with Crippen molar-refractivity contribution in [2.75, 3.05) is 4.90 Å². The fourth-order valence-electron chi connectivity index (χ4n) is 7.05. The SMILES string of the molecule is C1=CC2=CC(c3c(N(c4ccc5ccccc5c4)c4cccc5oc6ccccc6c45)ccc4ccccc34)=CCC2C=C1. The van der Waals surface area contributed by atoms with Gasteiger partial charge in [0, 0.05) is 22.6 Å². The van der Waals surface area contributed by atoms with E-state index in [1.165, 1.54) is 38.3 Å². The van der Waals surface area contributed by atoms with Crippen molar-refractivity contribution in [2.24, 2.45) is 5.92 Å². The molecule has 0 bridgehead atoms. The molecule has 2 aliphatic rings. The highest BCUT2D eigenvalue weighted by Crippen LogP contribution is 2.48. The number of rotatable bonds is 4. The summed E-state index contributed by atoms with van der Waals surface area (Å²) in [5.74, 6) is 0.435. The standard InChI is InChI=1S/C42H29NO/c1-3-13-31-26-33(21-20-28(31)10-1)41-35-15-6-5-12-30(35)23-25-38(41)43(34-24-22-29-11-2-4-14-32(29)27-34)37-17-9-19-40-42(37)36-16-7-8-18-39(36)44-40/h1-19,21-28H,20H2. The molecule has 0 radical (unpaired) electrons. The maximum absolute atomic E-state index is 6.40. The van der Waals surface area contributed by atoms with Gasteiger partial charge in [-0.1, -0.05) is 121 Å². The van der Waals surface area contributed by atoms with E-state index in [1.54, 1.807) is 0 Å². The smallest absolute Gasteiger partial charge is 0.137 e. The summed E-state index contributed by atoms with van der Waals surface area (Å²) in [6.45, 7) is 0. The van der Waals surface area contributed by atoms with Gasteiger partial charge in [0.1, 0.15) is 11.2 Å². The first kappa shape index (κ1) is 24.9. The second-order valence-corrected chi connectivity index (χ2v) is 11.7. The van der Waals surface area contributed by atoms with Gasteiger partial charge in [-0.25, -0.2) is 0 Å². The van der Waals surface area contributed by atoms with Gasteiger partial charge < -0.3 is 9.32 Å². The largest absolute Gasteiger partial charge is 0.456 e. The van der Waals surface area contributed by atoms with E-state index in [0.717, 1.165) is 45.4 Å². The Bertz CT molecular complexity index is 2380. The van der Waals surface area contributed by atoms with Crippen molar-refractivity contribution in [3.05, 3.63) is 169 Å². The van der Waals surface area contributed by atoms with E-state index in [1.807, 2.05) is 6.07 Å². The molecular formula is C42H29NO. The van der Waals surface area contributed by atoms with Gasteiger partial charge in [-0.2, -0.15) is 0 Å². The Labute approximate surface area is 256 Å². The minimum atomic E-state index is 0.435. The second-order valence-electron chi connectivity index (χ2n) is 11.7. The number of nitrogens with zero attached hydrogens (tertiary/aromatic N) is 1. The average molecular weight is 564 g/mol. The molecule has 0 saturated heterocycles. The number of hydrogen-bond acceptors (Lipinski definition) is 2. The Morgan fingerprint density at radius 2 is 1.39 bits per heavy atom. The van der Waals surface area contributed by atoms with Crippen LogP contribution in [0.25, 0.3) is 49.1 Å². The molecule has 7 aromatic rings. The normalized spacial score (nSPS) is 16.0. The number of allylic oxidation sites excluding steroid dienone is 8. The topological polar surface area (TPSA) is 16.4 Å². The fraction of sp³-hybridized carbons (Fsp3) is 0.0476. The van der Waals surface area contributed by atoms with Gasteiger partial charge in [-0.05, 0) is 75.5 Å². The van der Waals surface area contributed by atoms with E-state index in [2.05, 4.69) is 157 Å². The Balaban J connectivity index is 1.38. The van der Waals surface area contributed by atoms with Crippen molar-refractivity contribution in [2.45, 2.75) is 6.42 Å². The Kier molecular flexibility index (Phi) is 5.67. The van der Waals surface area contributed by atoms with Gasteiger partial charge >= 0.3 is 0 Å². The van der Waals surface area contributed by atoms with Gasteiger partial charge in [0.25, 0.3) is 0 Å². The van der Waals surface area contributed by atoms with Gasteiger partial charge in [0.2, 0.25) is 0 Å². The minimum Gasteiger partial charge on any atom is -0.456 e. The van der Waals surface area contributed by atoms with Crippen molar-refractivity contribution in [3.63, 3.8) is 0 Å². The van der Waals surface area contributed by atoms with Crippen molar-refractivity contribution < 1.29 is 4.42 Å². The van der Waals surface area contributed by atoms with Crippen LogP contribution < -0.4 is 4.90 Å². The van der Waals surface area contributed by atoms with Gasteiger partial charge in [0.05, 0.1) is 16.8 Å². The molecule has 1 aromatic heterocycles. The summed E-state index contributed by atoms with van der Waals surface area (Å²) in [4.78, 5) is 2.44. The first-order valence-electron chi connectivity index (χ1n) is 15.3. The summed E-state index contributed by atoms with van der Waals surface area (Å²) in [6.07, 6.45) is 14.7. The highest BCUT2D eigenvalue weighted by molar-refractivity contribution is 6.15. The maximum atomic E-state index is 6.40. The lowest BCUT2D eigenvalue weighted by Gasteiger charge is -2.31. The Morgan fingerprint density at radius 3 is 2.32 bits per heavy atom. The fourth-order valence-corrected chi connectivity index (χ4v) is 7.05. The number of benzene rings is 6. The third kappa shape index (κ3) is 3.95. The van der Waals surface area contributed by atoms with E-state index in [4.69, 9.17) is 4.42 Å². The zero-order valence-electron chi connectivity index (χ0n) is 24.2. The van der Waals surface area contributed by atoms with Crippen molar-refractivity contribution >= 4 is 66.1 Å². The van der Waals surface area contributed by atoms with E-state index < -0.39 is 0 Å². The Morgan fingerprint density at radius 1 is 0.614 bits per heavy atom. The first-order chi connectivity index (χ1) is 21.8. The van der Waals surface area contributed by atoms with Crippen LogP contribution in [0.1, 0.15) is 12.0 Å². The van der Waals surface area contributed by atoms with Crippen LogP contribution >= 0.6 is 0 Å². The van der Waals surface area contributed by atoms with E-state index >= 15 is 0 Å². The molecule has 2 heteroatoms. The zero-order valence-corrected chi connectivity index (χ0v) is 24.2. The monoisotopic (exact) mass is 563 g/mol. The molecule has 44 heavy (non-hydrogen) atoms. The predicted octanol–water partition coefficient (Wildman–Crippen LogP) is 11.8. The van der Waals surface area contributed by atoms with Crippen LogP contribution in [0.15, 0.2) is 168 Å². The second kappa shape index (κ2) is 10.00. The average Bonchev–Trinajstić information content (AvgIpc) is 3.47. The summed E-state index contributed by atoms with van der Waals surface area (Å²) >= 11 is 0. The van der Waals surface area contributed by atoms with Crippen LogP contribution in [0.4, 0.5) is 17.1 Å². The third-order valence-corrected chi connectivity index (χ3v) is 9.13. The van der Waals surface area contributed by atoms with Crippen LogP contribution in [0.3, 0.4) is 0 Å². The molecule has 0 spiro atoms. The molecule has 2 aliphatic carbocycles. The minimum absolute atomic E-state index is 0.435. The number of hydrogen-bond donors (Lipinski definition) is 0. The highest BCUT2D eigenvalue weighted by atomic mass is 16.3. The van der Waals surface area contributed by atoms with Gasteiger partial charge in [0.15, 0.2) is 0 Å². The summed E-state index contributed by atoms with van der Waals surface area (Å²) in [5, 5.41) is 7.15. The molecule has 9 rings (SSSR count). The summed E-state index contributed by atoms with van der Waals surface area (Å²) in [6, 6.07) is 43.5. The molecule has 0 saturated carbocycles. The lowest BCUT2D eigenvalue weighted by atomic mass is 9.82. The number of furan rings is 1. The van der Waals surface area contributed by atoms with Crippen LogP contribution in [-0.2, 0) is 0 Å². The molecule has 1 unspecified atom stereocenters. The molecule has 0 fully saturated rings. The number of fused-ring (bicyclic) bond motifs is 6. The van der Waals surface area contributed by atoms with Crippen molar-refractivity contribution in [1.82, 2.24) is 0 Å². The van der Waals surface area contributed by atoms with Crippen LogP contribution in [0.5, 0.6) is 0 Å². The van der Waals surface area contributed by atoms with Crippen LogP contribution in [0, 0.1) is 5.92 Å². The number of para-hydroxylation sites is 1. The zero-order chi connectivity index (χ0) is 29.0. The molecule has 1 atom stereocenters. The molecule has 208 valence electrons. The molecule has 6 aromatic carbocycles. The van der Waals surface area contributed by atoms with Gasteiger partial charge in [-0.3, -0.25) is 0 Å². The summed E-state index contributed by atoms with van der Waals surface area (Å²) in [7, 11) is 0. The third-order valence-electron chi connectivity index (χ3n) is 9.13. The van der Waals surface area contributed by atoms with Crippen LogP contribution in [0.2, 0.25) is 0 Å². The quantitative estimate of drug-likeness (QED) is 0.212. The van der Waals surface area contributed by atoms with E-state index in [0.29, 0.717) is 5.92 Å². The highest BCUT2D eigenvalue weighted by Gasteiger charge is 2.25. The molecular weight excluding hydrogens is 534 g/mol. The van der Waals surface area contributed by atoms with Crippen molar-refractivity contribution in [3.8, 4) is 0 Å². The van der Waals surface area contributed by atoms with E-state index in [9.17, 15) is 0 Å². The Hall–Kier alpha value is -5.60. The lowest BCUT2D eigenvalue weighted by molar-refractivity contribution is 0.669. The molecule has 0 aliphatic heterocycles. The maximum Gasteiger partial charge on any atom is 0.137 e. The first-order valence-corrected chi connectivity index (χ1v) is 15.3. The lowest BCUT2D eigenvalue weighted by Crippen LogP contribution is -2.13. The molecule has 0 N–H and O–H groups in total. The molecule has 1 heterocycles. The summed E-state index contributed by atoms with van der Waals surface area (Å²) in [5.41, 5.74) is 9.01. The molecule has 2 nitrogen and oxygen atoms in total. The molecule has 0 amide bonds.